The molecule has 1 N–H and O–H groups in total. The summed E-state index contributed by atoms with van der Waals surface area (Å²) in [5.74, 6) is 0.998. The van der Waals surface area contributed by atoms with Crippen molar-refractivity contribution < 1.29 is 0 Å². The standard InChI is InChI=1S/C16H24N4S/c1-5-17-14(12-21-16(2,3)4)15-11-18-19-20(15)13-9-7-6-8-10-13/h6-11,14,17H,5,12H2,1-4H3. The highest BCUT2D eigenvalue weighted by Gasteiger charge is 2.20. The van der Waals surface area contributed by atoms with E-state index in [0.717, 1.165) is 23.7 Å². The molecule has 1 heterocycles. The Bertz CT molecular complexity index is 545. The summed E-state index contributed by atoms with van der Waals surface area (Å²) in [6.07, 6.45) is 1.86. The molecule has 0 bridgehead atoms. The first-order chi connectivity index (χ1) is 10.0. The van der Waals surface area contributed by atoms with Gasteiger partial charge in [-0.2, -0.15) is 11.8 Å². The van der Waals surface area contributed by atoms with Gasteiger partial charge >= 0.3 is 0 Å². The highest BCUT2D eigenvalue weighted by molar-refractivity contribution is 8.00. The van der Waals surface area contributed by atoms with E-state index in [1.165, 1.54) is 0 Å². The van der Waals surface area contributed by atoms with E-state index in [2.05, 4.69) is 55.5 Å². The number of hydrogen-bond acceptors (Lipinski definition) is 4. The third kappa shape index (κ3) is 4.58. The molecule has 1 aromatic heterocycles. The Morgan fingerprint density at radius 2 is 1.95 bits per heavy atom. The Balaban J connectivity index is 2.23. The first kappa shape index (κ1) is 16.0. The molecule has 0 aliphatic heterocycles. The molecule has 4 nitrogen and oxygen atoms in total. The van der Waals surface area contributed by atoms with E-state index >= 15 is 0 Å². The average Bonchev–Trinajstić information content (AvgIpc) is 2.92. The van der Waals surface area contributed by atoms with Crippen molar-refractivity contribution in [3.05, 3.63) is 42.2 Å². The molecule has 0 amide bonds. The van der Waals surface area contributed by atoms with Crippen molar-refractivity contribution in [1.29, 1.82) is 0 Å². The lowest BCUT2D eigenvalue weighted by Crippen LogP contribution is -2.27. The summed E-state index contributed by atoms with van der Waals surface area (Å²) in [5, 5.41) is 11.9. The lowest BCUT2D eigenvalue weighted by molar-refractivity contribution is 0.568. The van der Waals surface area contributed by atoms with Crippen molar-refractivity contribution in [2.24, 2.45) is 0 Å². The van der Waals surface area contributed by atoms with Gasteiger partial charge in [0, 0.05) is 10.5 Å². The van der Waals surface area contributed by atoms with Crippen LogP contribution in [-0.4, -0.2) is 32.0 Å². The SMILES string of the molecule is CCNC(CSC(C)(C)C)c1cnnn1-c1ccccc1. The smallest absolute Gasteiger partial charge is 0.0823 e. The molecule has 0 radical (unpaired) electrons. The number of nitrogens with one attached hydrogen (secondary N) is 1. The van der Waals surface area contributed by atoms with Crippen LogP contribution in [0.15, 0.2) is 36.5 Å². The van der Waals surface area contributed by atoms with E-state index in [9.17, 15) is 0 Å². The van der Waals surface area contributed by atoms with E-state index in [1.807, 2.05) is 40.8 Å². The van der Waals surface area contributed by atoms with Crippen LogP contribution >= 0.6 is 11.8 Å². The van der Waals surface area contributed by atoms with Crippen LogP contribution in [0.5, 0.6) is 0 Å². The quantitative estimate of drug-likeness (QED) is 0.887. The Labute approximate surface area is 131 Å². The number of benzene rings is 1. The van der Waals surface area contributed by atoms with Crippen LogP contribution in [0.25, 0.3) is 5.69 Å². The minimum absolute atomic E-state index is 0.245. The maximum absolute atomic E-state index is 4.25. The highest BCUT2D eigenvalue weighted by atomic mass is 32.2. The molecule has 2 aromatic rings. The third-order valence-electron chi connectivity index (χ3n) is 3.07. The molecule has 21 heavy (non-hydrogen) atoms. The monoisotopic (exact) mass is 304 g/mol. The zero-order valence-corrected chi connectivity index (χ0v) is 14.0. The van der Waals surface area contributed by atoms with Crippen molar-refractivity contribution in [2.75, 3.05) is 12.3 Å². The van der Waals surface area contributed by atoms with Gasteiger partial charge in [-0.3, -0.25) is 0 Å². The fourth-order valence-corrected chi connectivity index (χ4v) is 3.03. The van der Waals surface area contributed by atoms with Gasteiger partial charge in [-0.05, 0) is 18.7 Å². The topological polar surface area (TPSA) is 42.7 Å². The molecular weight excluding hydrogens is 280 g/mol. The molecule has 2 rings (SSSR count). The summed E-state index contributed by atoms with van der Waals surface area (Å²) < 4.78 is 2.18. The zero-order chi connectivity index (χ0) is 15.3. The first-order valence-corrected chi connectivity index (χ1v) is 8.33. The van der Waals surface area contributed by atoms with Crippen LogP contribution in [0.2, 0.25) is 0 Å². The maximum Gasteiger partial charge on any atom is 0.0823 e. The summed E-state index contributed by atoms with van der Waals surface area (Å²) in [5.41, 5.74) is 2.16. The van der Waals surface area contributed by atoms with Crippen LogP contribution in [0.1, 0.15) is 39.4 Å². The molecule has 1 atom stereocenters. The predicted molar refractivity (Wildman–Crippen MR) is 90.0 cm³/mol. The molecule has 0 fully saturated rings. The normalized spacial score (nSPS) is 13.3. The molecule has 0 saturated heterocycles. The average molecular weight is 304 g/mol. The Hall–Kier alpha value is -1.33. The van der Waals surface area contributed by atoms with Crippen LogP contribution in [-0.2, 0) is 0 Å². The number of thioether (sulfide) groups is 1. The van der Waals surface area contributed by atoms with Gasteiger partial charge in [-0.15, -0.1) is 5.10 Å². The van der Waals surface area contributed by atoms with E-state index in [1.54, 1.807) is 0 Å². The zero-order valence-electron chi connectivity index (χ0n) is 13.2. The van der Waals surface area contributed by atoms with Crippen molar-refractivity contribution >= 4 is 11.8 Å². The summed E-state index contributed by atoms with van der Waals surface area (Å²) in [4.78, 5) is 0. The van der Waals surface area contributed by atoms with Crippen LogP contribution in [0.4, 0.5) is 0 Å². The largest absolute Gasteiger partial charge is 0.308 e. The molecule has 114 valence electrons. The molecule has 0 spiro atoms. The van der Waals surface area contributed by atoms with Crippen molar-refractivity contribution in [2.45, 2.75) is 38.5 Å². The van der Waals surface area contributed by atoms with Crippen molar-refractivity contribution in [3.63, 3.8) is 0 Å². The second-order valence-electron chi connectivity index (χ2n) is 5.94. The second kappa shape index (κ2) is 7.09. The Kier molecular flexibility index (Phi) is 5.42. The fourth-order valence-electron chi connectivity index (χ4n) is 2.08. The number of para-hydroxylation sites is 1. The minimum Gasteiger partial charge on any atom is -0.308 e. The fraction of sp³-hybridized carbons (Fsp3) is 0.500. The molecule has 0 aliphatic rings. The lowest BCUT2D eigenvalue weighted by Gasteiger charge is -2.23. The van der Waals surface area contributed by atoms with E-state index in [4.69, 9.17) is 0 Å². The molecule has 1 unspecified atom stereocenters. The van der Waals surface area contributed by atoms with Gasteiger partial charge in [0.1, 0.15) is 0 Å². The van der Waals surface area contributed by atoms with Gasteiger partial charge < -0.3 is 5.32 Å². The van der Waals surface area contributed by atoms with Crippen LogP contribution in [0, 0.1) is 0 Å². The Morgan fingerprint density at radius 1 is 1.24 bits per heavy atom. The third-order valence-corrected chi connectivity index (χ3v) is 4.43. The second-order valence-corrected chi connectivity index (χ2v) is 7.79. The van der Waals surface area contributed by atoms with Gasteiger partial charge in [0.15, 0.2) is 0 Å². The number of rotatable bonds is 6. The van der Waals surface area contributed by atoms with Gasteiger partial charge in [-0.1, -0.05) is 51.1 Å². The minimum atomic E-state index is 0.245. The van der Waals surface area contributed by atoms with Gasteiger partial charge in [0.05, 0.1) is 23.6 Å². The highest BCUT2D eigenvalue weighted by Crippen LogP contribution is 2.28. The predicted octanol–water partition coefficient (Wildman–Crippen LogP) is 3.45. The molecule has 5 heteroatoms. The first-order valence-electron chi connectivity index (χ1n) is 7.34. The molecule has 1 aromatic carbocycles. The van der Waals surface area contributed by atoms with Crippen LogP contribution < -0.4 is 5.32 Å². The summed E-state index contributed by atoms with van der Waals surface area (Å²) in [7, 11) is 0. The maximum atomic E-state index is 4.25. The van der Waals surface area contributed by atoms with E-state index < -0.39 is 0 Å². The number of nitrogens with zero attached hydrogens (tertiary/aromatic N) is 3. The van der Waals surface area contributed by atoms with E-state index in [-0.39, 0.29) is 10.8 Å². The summed E-state index contributed by atoms with van der Waals surface area (Å²) in [6.45, 7) is 9.79. The number of hydrogen-bond donors (Lipinski definition) is 1. The van der Waals surface area contributed by atoms with E-state index in [0.29, 0.717) is 0 Å². The van der Waals surface area contributed by atoms with Crippen molar-refractivity contribution in [3.8, 4) is 5.69 Å². The summed E-state index contributed by atoms with van der Waals surface area (Å²) in [6, 6.07) is 10.4. The summed E-state index contributed by atoms with van der Waals surface area (Å²) >= 11 is 1.95. The van der Waals surface area contributed by atoms with Gasteiger partial charge in [-0.25, -0.2) is 4.68 Å². The molecule has 0 saturated carbocycles. The van der Waals surface area contributed by atoms with Gasteiger partial charge in [0.25, 0.3) is 0 Å². The van der Waals surface area contributed by atoms with Crippen molar-refractivity contribution in [1.82, 2.24) is 20.3 Å². The Morgan fingerprint density at radius 3 is 2.57 bits per heavy atom. The number of aromatic nitrogens is 3. The lowest BCUT2D eigenvalue weighted by atomic mass is 10.2. The molecule has 0 aliphatic carbocycles. The van der Waals surface area contributed by atoms with Gasteiger partial charge in [0.2, 0.25) is 0 Å². The van der Waals surface area contributed by atoms with Crippen LogP contribution in [0.3, 0.4) is 0 Å². The molecular formula is C16H24N4S.